The number of nitrogens with zero attached hydrogens (tertiary/aromatic N) is 3. The quantitative estimate of drug-likeness (QED) is 0.577. The predicted octanol–water partition coefficient (Wildman–Crippen LogP) is 2.60. The van der Waals surface area contributed by atoms with Gasteiger partial charge in [0.15, 0.2) is 5.82 Å². The number of piperidine rings is 1. The molecule has 0 spiro atoms. The van der Waals surface area contributed by atoms with E-state index in [2.05, 4.69) is 29.0 Å². The number of hydrogen-bond acceptors (Lipinski definition) is 7. The maximum Gasteiger partial charge on any atom is 0.310 e. The van der Waals surface area contributed by atoms with Crippen LogP contribution in [-0.2, 0) is 20.7 Å². The third-order valence-corrected chi connectivity index (χ3v) is 5.43. The minimum Gasteiger partial charge on any atom is -0.493 e. The molecule has 1 saturated heterocycles. The van der Waals surface area contributed by atoms with Gasteiger partial charge in [-0.25, -0.2) is 0 Å². The summed E-state index contributed by atoms with van der Waals surface area (Å²) in [6.07, 6.45) is 1.79. The van der Waals surface area contributed by atoms with Gasteiger partial charge in [-0.3, -0.25) is 14.4 Å². The van der Waals surface area contributed by atoms with Gasteiger partial charge in [-0.05, 0) is 37.8 Å². The minimum absolute atomic E-state index is 0.107. The molecule has 9 nitrogen and oxygen atoms in total. The van der Waals surface area contributed by atoms with Crippen LogP contribution in [0.4, 0.5) is 0 Å². The van der Waals surface area contributed by atoms with E-state index in [0.717, 1.165) is 12.8 Å². The summed E-state index contributed by atoms with van der Waals surface area (Å²) in [5, 5.41) is 8.21. The first kappa shape index (κ1) is 24.4. The Hall–Kier alpha value is -3.23. The number of H-pyrrole nitrogens is 1. The lowest BCUT2D eigenvalue weighted by Crippen LogP contribution is -2.43. The summed E-state index contributed by atoms with van der Waals surface area (Å²) in [7, 11) is 0. The highest BCUT2D eigenvalue weighted by molar-refractivity contribution is 5.78. The number of rotatable bonds is 9. The number of ether oxygens (including phenoxy) is 2. The van der Waals surface area contributed by atoms with E-state index in [1.54, 1.807) is 11.8 Å². The molecule has 0 aliphatic carbocycles. The molecule has 2 heterocycles. The van der Waals surface area contributed by atoms with Crippen molar-refractivity contribution < 1.29 is 19.1 Å². The smallest absolute Gasteiger partial charge is 0.310 e. The van der Waals surface area contributed by atoms with Gasteiger partial charge in [-0.2, -0.15) is 0 Å². The van der Waals surface area contributed by atoms with Crippen LogP contribution in [0.1, 0.15) is 45.7 Å². The normalized spacial score (nSPS) is 16.0. The number of nitrogens with one attached hydrogen (secondary N) is 1. The molecule has 1 atom stereocenters. The van der Waals surface area contributed by atoms with E-state index in [0.29, 0.717) is 49.4 Å². The van der Waals surface area contributed by atoms with Crippen LogP contribution in [0.5, 0.6) is 5.75 Å². The van der Waals surface area contributed by atoms with Gasteiger partial charge in [0.25, 0.3) is 5.56 Å². The molecule has 0 unspecified atom stereocenters. The lowest BCUT2D eigenvalue weighted by atomic mass is 9.98. The van der Waals surface area contributed by atoms with Crippen LogP contribution >= 0.6 is 0 Å². The number of amides is 1. The van der Waals surface area contributed by atoms with Crippen LogP contribution < -0.4 is 10.3 Å². The summed E-state index contributed by atoms with van der Waals surface area (Å²) in [6.45, 7) is 7.79. The molecule has 1 fully saturated rings. The zero-order valence-corrected chi connectivity index (χ0v) is 19.5. The van der Waals surface area contributed by atoms with Crippen molar-refractivity contribution in [3.63, 3.8) is 0 Å². The van der Waals surface area contributed by atoms with Crippen LogP contribution in [0.3, 0.4) is 0 Å². The number of hydrogen-bond donors (Lipinski definition) is 1. The number of likely N-dealkylation sites (tertiary alicyclic amines) is 1. The third-order valence-electron chi connectivity index (χ3n) is 5.43. The highest BCUT2D eigenvalue weighted by Crippen LogP contribution is 2.21. The number of carbonyl (C=O) groups excluding carboxylic acids is 2. The summed E-state index contributed by atoms with van der Waals surface area (Å²) in [6, 6.07) is 7.31. The minimum atomic E-state index is -0.371. The summed E-state index contributed by atoms with van der Waals surface area (Å²) < 4.78 is 10.8. The lowest BCUT2D eigenvalue weighted by Gasteiger charge is -2.31. The van der Waals surface area contributed by atoms with Crippen LogP contribution in [0, 0.1) is 11.8 Å². The van der Waals surface area contributed by atoms with E-state index >= 15 is 0 Å². The molecule has 0 radical (unpaired) electrons. The largest absolute Gasteiger partial charge is 0.493 e. The average molecular weight is 457 g/mol. The molecule has 1 aliphatic rings. The zero-order chi connectivity index (χ0) is 23.8. The number of benzene rings is 1. The second-order valence-electron chi connectivity index (χ2n) is 8.61. The van der Waals surface area contributed by atoms with E-state index in [1.165, 1.54) is 0 Å². The van der Waals surface area contributed by atoms with E-state index < -0.39 is 0 Å². The molecular weight excluding hydrogens is 424 g/mol. The molecule has 0 bridgehead atoms. The van der Waals surface area contributed by atoms with Crippen molar-refractivity contribution in [3.8, 4) is 17.1 Å². The molecule has 33 heavy (non-hydrogen) atoms. The Morgan fingerprint density at radius 2 is 2.09 bits per heavy atom. The topological polar surface area (TPSA) is 114 Å². The Balaban J connectivity index is 1.60. The Labute approximate surface area is 193 Å². The Bertz CT molecular complexity index is 1020. The molecule has 2 aromatic rings. The molecule has 9 heteroatoms. The predicted molar refractivity (Wildman–Crippen MR) is 123 cm³/mol. The van der Waals surface area contributed by atoms with Gasteiger partial charge >= 0.3 is 5.97 Å². The third kappa shape index (κ3) is 6.87. The van der Waals surface area contributed by atoms with Crippen LogP contribution in [0.15, 0.2) is 29.1 Å². The first-order valence-electron chi connectivity index (χ1n) is 11.5. The monoisotopic (exact) mass is 456 g/mol. The fraction of sp³-hybridized carbons (Fsp3) is 0.542. The van der Waals surface area contributed by atoms with Crippen molar-refractivity contribution in [2.75, 3.05) is 26.3 Å². The maximum absolute atomic E-state index is 12.6. The van der Waals surface area contributed by atoms with Crippen molar-refractivity contribution in [3.05, 3.63) is 40.3 Å². The second-order valence-corrected chi connectivity index (χ2v) is 8.61. The van der Waals surface area contributed by atoms with Gasteiger partial charge in [-0.15, -0.1) is 10.2 Å². The molecule has 3 rings (SSSR count). The Kier molecular flexibility index (Phi) is 8.57. The lowest BCUT2D eigenvalue weighted by molar-refractivity contribution is -0.151. The molecular formula is C24H32N4O5. The van der Waals surface area contributed by atoms with E-state index in [1.807, 2.05) is 24.3 Å². The van der Waals surface area contributed by atoms with Crippen molar-refractivity contribution in [2.45, 2.75) is 46.5 Å². The number of aromatic nitrogens is 3. The first-order chi connectivity index (χ1) is 15.9. The molecule has 1 aliphatic heterocycles. The van der Waals surface area contributed by atoms with Gasteiger partial charge < -0.3 is 19.4 Å². The molecule has 0 saturated carbocycles. The van der Waals surface area contributed by atoms with Gasteiger partial charge in [0.2, 0.25) is 5.91 Å². The van der Waals surface area contributed by atoms with Crippen molar-refractivity contribution in [1.82, 2.24) is 20.1 Å². The second kappa shape index (κ2) is 11.6. The zero-order valence-electron chi connectivity index (χ0n) is 19.5. The average Bonchev–Trinajstić information content (AvgIpc) is 2.82. The van der Waals surface area contributed by atoms with E-state index in [-0.39, 0.29) is 41.9 Å². The van der Waals surface area contributed by atoms with Gasteiger partial charge in [0, 0.05) is 31.5 Å². The van der Waals surface area contributed by atoms with E-state index in [4.69, 9.17) is 9.47 Å². The fourth-order valence-corrected chi connectivity index (χ4v) is 3.69. The SMILES string of the molecule is CCOC(=O)[C@@H]1CCCN(C(=O)CCc2nnc(-c3cccc(OCC(C)C)c3)[nH]c2=O)C1. The highest BCUT2D eigenvalue weighted by atomic mass is 16.5. The van der Waals surface area contributed by atoms with Crippen molar-refractivity contribution in [1.29, 1.82) is 0 Å². The summed E-state index contributed by atoms with van der Waals surface area (Å²) in [5.41, 5.74) is 0.532. The maximum atomic E-state index is 12.6. The Morgan fingerprint density at radius 3 is 2.82 bits per heavy atom. The molecule has 178 valence electrons. The summed E-state index contributed by atoms with van der Waals surface area (Å²) in [5.74, 6) is 0.789. The molecule has 1 N–H and O–H groups in total. The van der Waals surface area contributed by atoms with E-state index in [9.17, 15) is 14.4 Å². The van der Waals surface area contributed by atoms with Crippen LogP contribution in [0.2, 0.25) is 0 Å². The first-order valence-corrected chi connectivity index (χ1v) is 11.5. The molecule has 1 amide bonds. The fourth-order valence-electron chi connectivity index (χ4n) is 3.69. The van der Waals surface area contributed by atoms with Gasteiger partial charge in [-0.1, -0.05) is 26.0 Å². The number of aromatic amines is 1. The number of aryl methyl sites for hydroxylation is 1. The van der Waals surface area contributed by atoms with Gasteiger partial charge in [0.05, 0.1) is 19.1 Å². The molecule has 1 aromatic carbocycles. The van der Waals surface area contributed by atoms with Crippen molar-refractivity contribution in [2.24, 2.45) is 11.8 Å². The summed E-state index contributed by atoms with van der Waals surface area (Å²) in [4.78, 5) is 41.6. The van der Waals surface area contributed by atoms with Gasteiger partial charge in [0.1, 0.15) is 11.4 Å². The number of carbonyl (C=O) groups is 2. The number of esters is 1. The van der Waals surface area contributed by atoms with Crippen LogP contribution in [-0.4, -0.2) is 58.3 Å². The summed E-state index contributed by atoms with van der Waals surface area (Å²) >= 11 is 0. The van der Waals surface area contributed by atoms with Crippen LogP contribution in [0.25, 0.3) is 11.4 Å². The Morgan fingerprint density at radius 1 is 1.27 bits per heavy atom. The standard InChI is InChI=1S/C24H32N4O5/c1-4-32-24(31)18-8-6-12-28(14-18)21(29)11-10-20-23(30)25-22(27-26-20)17-7-5-9-19(13-17)33-15-16(2)3/h5,7,9,13,16,18H,4,6,8,10-12,14-15H2,1-3H3,(H,25,27,30)/t18-/m1/s1. The molecule has 1 aromatic heterocycles. The van der Waals surface area contributed by atoms with Crippen molar-refractivity contribution >= 4 is 11.9 Å². The highest BCUT2D eigenvalue weighted by Gasteiger charge is 2.29.